The maximum atomic E-state index is 12.1. The third-order valence-corrected chi connectivity index (χ3v) is 7.96. The number of aliphatic hydroxyl groups is 2. The first-order chi connectivity index (χ1) is 14.0. The fourth-order valence-electron chi connectivity index (χ4n) is 2.92. The molecule has 0 amide bonds. The minimum absolute atomic E-state index is 0.119. The van der Waals surface area contributed by atoms with Crippen molar-refractivity contribution in [3.05, 3.63) is 32.6 Å². The standard InChI is InChI=1S/C11H19N2O15P3/c1-2-11(5-3-12-10(17)13-9(5)16)8(15)7(14)6(26-11)4-25-30(21,22)28-31(23,24)27-29(18,19)20/h3,6-8,14-15H,2,4H2,1H3,(H,21,22)(H,23,24)(H2,18,19,20)(H2,12,13,16,17)/t6-,7-,8-,11+/m1/s1. The van der Waals surface area contributed by atoms with Crippen molar-refractivity contribution in [2.75, 3.05) is 6.61 Å². The summed E-state index contributed by atoms with van der Waals surface area (Å²) in [5.41, 5.74) is -3.94. The van der Waals surface area contributed by atoms with Crippen molar-refractivity contribution in [1.29, 1.82) is 0 Å². The van der Waals surface area contributed by atoms with E-state index in [1.165, 1.54) is 6.92 Å². The molecule has 8 N–H and O–H groups in total. The zero-order valence-corrected chi connectivity index (χ0v) is 18.1. The second-order valence-electron chi connectivity index (χ2n) is 6.21. The number of ether oxygens (including phenoxy) is 1. The van der Waals surface area contributed by atoms with Crippen LogP contribution in [0.4, 0.5) is 0 Å². The quantitative estimate of drug-likeness (QED) is 0.168. The molecule has 1 aromatic heterocycles. The van der Waals surface area contributed by atoms with Crippen LogP contribution in [0.15, 0.2) is 15.8 Å². The highest BCUT2D eigenvalue weighted by atomic mass is 31.3. The molecule has 0 bridgehead atoms. The van der Waals surface area contributed by atoms with Gasteiger partial charge in [0.1, 0.15) is 23.9 Å². The molecule has 1 aliphatic rings. The molecule has 31 heavy (non-hydrogen) atoms. The molecule has 0 aromatic carbocycles. The van der Waals surface area contributed by atoms with Crippen LogP contribution in [0.25, 0.3) is 0 Å². The molecule has 17 nitrogen and oxygen atoms in total. The number of phosphoric ester groups is 1. The van der Waals surface area contributed by atoms with Crippen molar-refractivity contribution in [2.24, 2.45) is 0 Å². The Labute approximate surface area is 172 Å². The van der Waals surface area contributed by atoms with Crippen LogP contribution in [0.5, 0.6) is 0 Å². The molecule has 1 aromatic rings. The molecule has 0 aliphatic carbocycles. The van der Waals surface area contributed by atoms with Crippen LogP contribution in [-0.2, 0) is 37.2 Å². The summed E-state index contributed by atoms with van der Waals surface area (Å²) >= 11 is 0. The molecular formula is C11H19N2O15P3. The zero-order valence-electron chi connectivity index (χ0n) is 15.4. The van der Waals surface area contributed by atoms with E-state index in [-0.39, 0.29) is 12.0 Å². The number of phosphoric acid groups is 3. The Bertz CT molecular complexity index is 1060. The van der Waals surface area contributed by atoms with E-state index in [4.69, 9.17) is 19.4 Å². The highest BCUT2D eigenvalue weighted by molar-refractivity contribution is 7.66. The number of aliphatic hydroxyl groups excluding tert-OH is 2. The lowest BCUT2D eigenvalue weighted by molar-refractivity contribution is -0.100. The van der Waals surface area contributed by atoms with Crippen molar-refractivity contribution in [3.8, 4) is 0 Å². The number of hydrogen-bond acceptors (Lipinski definition) is 11. The van der Waals surface area contributed by atoms with Gasteiger partial charge in [-0.15, -0.1) is 0 Å². The van der Waals surface area contributed by atoms with Gasteiger partial charge in [0.25, 0.3) is 5.56 Å². The van der Waals surface area contributed by atoms with Crippen LogP contribution >= 0.6 is 23.5 Å². The average molecular weight is 512 g/mol. The summed E-state index contributed by atoms with van der Waals surface area (Å²) in [5.74, 6) is 0. The van der Waals surface area contributed by atoms with Crippen molar-refractivity contribution in [1.82, 2.24) is 9.97 Å². The van der Waals surface area contributed by atoms with Crippen LogP contribution in [0.2, 0.25) is 0 Å². The minimum Gasteiger partial charge on any atom is -0.387 e. The van der Waals surface area contributed by atoms with E-state index in [0.717, 1.165) is 6.20 Å². The second kappa shape index (κ2) is 9.08. The van der Waals surface area contributed by atoms with Crippen molar-refractivity contribution >= 4 is 23.5 Å². The van der Waals surface area contributed by atoms with Crippen LogP contribution in [0.1, 0.15) is 18.9 Å². The molecule has 0 saturated carbocycles. The van der Waals surface area contributed by atoms with E-state index in [1.807, 2.05) is 4.98 Å². The molecule has 20 heteroatoms. The second-order valence-corrected chi connectivity index (χ2v) is 10.6. The molecule has 2 unspecified atom stereocenters. The van der Waals surface area contributed by atoms with Crippen LogP contribution in [0, 0.1) is 0 Å². The largest absolute Gasteiger partial charge is 0.490 e. The smallest absolute Gasteiger partial charge is 0.387 e. The van der Waals surface area contributed by atoms with E-state index in [9.17, 15) is 38.4 Å². The number of hydrogen-bond donors (Lipinski definition) is 8. The predicted octanol–water partition coefficient (Wildman–Crippen LogP) is -1.87. The first kappa shape index (κ1) is 26.2. The van der Waals surface area contributed by atoms with Gasteiger partial charge in [-0.05, 0) is 6.42 Å². The minimum atomic E-state index is -5.75. The number of aromatic nitrogens is 2. The molecule has 1 fully saturated rings. The number of nitrogens with one attached hydrogen (secondary N) is 2. The summed E-state index contributed by atoms with van der Waals surface area (Å²) in [6, 6.07) is 0. The first-order valence-corrected chi connectivity index (χ1v) is 12.7. The van der Waals surface area contributed by atoms with Crippen molar-refractivity contribution in [3.63, 3.8) is 0 Å². The Hall–Kier alpha value is -1.03. The predicted molar refractivity (Wildman–Crippen MR) is 96.4 cm³/mol. The topological polar surface area (TPSA) is 275 Å². The lowest BCUT2D eigenvalue weighted by Crippen LogP contribution is -2.45. The lowest BCUT2D eigenvalue weighted by Gasteiger charge is -2.30. The molecule has 1 aliphatic heterocycles. The van der Waals surface area contributed by atoms with E-state index in [2.05, 4.69) is 18.1 Å². The molecule has 6 atom stereocenters. The summed E-state index contributed by atoms with van der Waals surface area (Å²) in [7, 11) is -16.8. The van der Waals surface area contributed by atoms with Crippen LogP contribution in [0.3, 0.4) is 0 Å². The SMILES string of the molecule is CC[C@@]1(c2c[nH]c(=O)[nH]c2=O)O[C@H](COP(=O)(O)OP(=O)(O)OP(=O)(O)O)[C@@H](O)[C@H]1O. The Morgan fingerprint density at radius 2 is 1.71 bits per heavy atom. The summed E-state index contributed by atoms with van der Waals surface area (Å²) in [5, 5.41) is 20.7. The maximum absolute atomic E-state index is 12.1. The van der Waals surface area contributed by atoms with Gasteiger partial charge in [0.15, 0.2) is 0 Å². The Kier molecular flexibility index (Phi) is 7.68. The van der Waals surface area contributed by atoms with E-state index < -0.39 is 65.2 Å². The monoisotopic (exact) mass is 512 g/mol. The van der Waals surface area contributed by atoms with Gasteiger partial charge in [-0.3, -0.25) is 14.3 Å². The number of rotatable bonds is 9. The third kappa shape index (κ3) is 6.27. The van der Waals surface area contributed by atoms with Gasteiger partial charge in [-0.1, -0.05) is 6.92 Å². The van der Waals surface area contributed by atoms with Crippen LogP contribution < -0.4 is 11.2 Å². The molecule has 1 saturated heterocycles. The Morgan fingerprint density at radius 3 is 2.23 bits per heavy atom. The van der Waals surface area contributed by atoms with Gasteiger partial charge in [-0.2, -0.15) is 8.62 Å². The molecule has 0 spiro atoms. The summed E-state index contributed by atoms with van der Waals surface area (Å²) < 4.78 is 50.7. The third-order valence-electron chi connectivity index (χ3n) is 4.16. The van der Waals surface area contributed by atoms with Crippen molar-refractivity contribution < 1.29 is 61.4 Å². The Morgan fingerprint density at radius 1 is 1.10 bits per heavy atom. The van der Waals surface area contributed by atoms with Gasteiger partial charge >= 0.3 is 29.2 Å². The molecule has 178 valence electrons. The van der Waals surface area contributed by atoms with Crippen LogP contribution in [-0.4, -0.2) is 64.7 Å². The molecule has 0 radical (unpaired) electrons. The van der Waals surface area contributed by atoms with Crippen molar-refractivity contribution in [2.45, 2.75) is 37.3 Å². The summed E-state index contributed by atoms with van der Waals surface area (Å²) in [6.07, 6.45) is -4.35. The zero-order chi connectivity index (χ0) is 23.8. The molecular weight excluding hydrogens is 493 g/mol. The van der Waals surface area contributed by atoms with Gasteiger partial charge in [0.05, 0.1) is 12.2 Å². The number of aromatic amines is 2. The summed E-state index contributed by atoms with van der Waals surface area (Å²) in [4.78, 5) is 63.0. The summed E-state index contributed by atoms with van der Waals surface area (Å²) in [6.45, 7) is 0.413. The first-order valence-electron chi connectivity index (χ1n) is 8.17. The van der Waals surface area contributed by atoms with Gasteiger partial charge in [-0.25, -0.2) is 18.5 Å². The lowest BCUT2D eigenvalue weighted by atomic mass is 9.86. The Balaban J connectivity index is 2.19. The van der Waals surface area contributed by atoms with Gasteiger partial charge in [0, 0.05) is 6.20 Å². The maximum Gasteiger partial charge on any atom is 0.490 e. The van der Waals surface area contributed by atoms with E-state index >= 15 is 0 Å². The average Bonchev–Trinajstić information content (AvgIpc) is 2.82. The van der Waals surface area contributed by atoms with E-state index in [1.54, 1.807) is 0 Å². The number of H-pyrrole nitrogens is 2. The highest BCUT2D eigenvalue weighted by Gasteiger charge is 2.56. The highest BCUT2D eigenvalue weighted by Crippen LogP contribution is 2.66. The fraction of sp³-hybridized carbons (Fsp3) is 0.636. The molecule has 2 heterocycles. The van der Waals surface area contributed by atoms with Gasteiger partial charge in [0.2, 0.25) is 0 Å². The van der Waals surface area contributed by atoms with Gasteiger partial charge < -0.3 is 39.5 Å². The fourth-order valence-corrected chi connectivity index (χ4v) is 5.95. The molecule has 2 rings (SSSR count). The van der Waals surface area contributed by atoms with E-state index in [0.29, 0.717) is 0 Å². The normalized spacial score (nSPS) is 30.6.